The molecule has 0 saturated heterocycles. The van der Waals surface area contributed by atoms with Crippen molar-refractivity contribution in [2.24, 2.45) is 0 Å². The molecule has 0 spiro atoms. The first-order chi connectivity index (χ1) is 14.3. The van der Waals surface area contributed by atoms with Crippen LogP contribution in [0.1, 0.15) is 12.5 Å². The summed E-state index contributed by atoms with van der Waals surface area (Å²) in [7, 11) is -3.14. The van der Waals surface area contributed by atoms with Crippen LogP contribution in [0.2, 0.25) is 0 Å². The molecule has 30 heavy (non-hydrogen) atoms. The molecule has 3 aromatic rings. The molecule has 3 rings (SSSR count). The fraction of sp³-hybridized carbons (Fsp3) is 0.143. The number of rotatable bonds is 7. The minimum Gasteiger partial charge on any atom is -0.437 e. The van der Waals surface area contributed by atoms with E-state index in [0.29, 0.717) is 16.6 Å². The van der Waals surface area contributed by atoms with E-state index >= 15 is 0 Å². The van der Waals surface area contributed by atoms with Gasteiger partial charge in [0.2, 0.25) is 5.88 Å². The molecule has 1 unspecified atom stereocenters. The van der Waals surface area contributed by atoms with Crippen LogP contribution in [-0.2, 0) is 15.3 Å². The van der Waals surface area contributed by atoms with Crippen LogP contribution in [-0.4, -0.2) is 16.6 Å². The second kappa shape index (κ2) is 8.81. The standard InChI is InChI=1S/C21H18F3N2O3P/c1-3-28-30(27,4-2)18-11-5-15(6-12-18)19-20(26-14-13-25-19)29-17-9-7-16(8-10-17)21(22,23)24/h4-14H,2-3H2,1H3. The molecule has 156 valence electrons. The van der Waals surface area contributed by atoms with Gasteiger partial charge in [-0.15, -0.1) is 0 Å². The van der Waals surface area contributed by atoms with Gasteiger partial charge in [0, 0.05) is 23.3 Å². The van der Waals surface area contributed by atoms with Crippen molar-refractivity contribution in [3.63, 3.8) is 0 Å². The molecular weight excluding hydrogens is 416 g/mol. The third-order valence-electron chi connectivity index (χ3n) is 4.12. The Balaban J connectivity index is 1.88. The maximum absolute atomic E-state index is 12.8. The van der Waals surface area contributed by atoms with E-state index in [2.05, 4.69) is 16.5 Å². The minimum absolute atomic E-state index is 0.127. The molecule has 0 aliphatic heterocycles. The van der Waals surface area contributed by atoms with Crippen LogP contribution >= 0.6 is 7.37 Å². The Labute approximate surface area is 171 Å². The zero-order chi connectivity index (χ0) is 21.8. The highest BCUT2D eigenvalue weighted by atomic mass is 31.2. The number of ether oxygens (including phenoxy) is 1. The fourth-order valence-electron chi connectivity index (χ4n) is 2.67. The SMILES string of the molecule is C=CP(=O)(OCC)c1ccc(-c2nccnc2Oc2ccc(C(F)(F)F)cc2)cc1. The van der Waals surface area contributed by atoms with Gasteiger partial charge in [0.25, 0.3) is 7.37 Å². The van der Waals surface area contributed by atoms with Gasteiger partial charge in [0.1, 0.15) is 11.4 Å². The first kappa shape index (κ1) is 21.7. The molecule has 0 aliphatic rings. The summed E-state index contributed by atoms with van der Waals surface area (Å²) >= 11 is 0. The summed E-state index contributed by atoms with van der Waals surface area (Å²) in [4.78, 5) is 8.40. The van der Waals surface area contributed by atoms with E-state index < -0.39 is 19.1 Å². The van der Waals surface area contributed by atoms with Gasteiger partial charge >= 0.3 is 6.18 Å². The zero-order valence-corrected chi connectivity index (χ0v) is 16.9. The lowest BCUT2D eigenvalue weighted by atomic mass is 10.1. The van der Waals surface area contributed by atoms with Crippen molar-refractivity contribution < 1.29 is 27.0 Å². The molecule has 0 fully saturated rings. The van der Waals surface area contributed by atoms with Gasteiger partial charge in [-0.05, 0) is 49.1 Å². The number of hydrogen-bond acceptors (Lipinski definition) is 5. The van der Waals surface area contributed by atoms with Crippen LogP contribution in [0.4, 0.5) is 13.2 Å². The molecule has 5 nitrogen and oxygen atoms in total. The van der Waals surface area contributed by atoms with E-state index in [9.17, 15) is 17.7 Å². The molecule has 0 aliphatic carbocycles. The normalized spacial score (nSPS) is 13.5. The smallest absolute Gasteiger partial charge is 0.416 e. The predicted octanol–water partition coefficient (Wildman–Crippen LogP) is 6.04. The topological polar surface area (TPSA) is 61.3 Å². The van der Waals surface area contributed by atoms with Crippen LogP contribution in [0.3, 0.4) is 0 Å². The van der Waals surface area contributed by atoms with E-state index in [1.807, 2.05) is 0 Å². The Kier molecular flexibility index (Phi) is 6.39. The third-order valence-corrected chi connectivity index (χ3v) is 6.26. The van der Waals surface area contributed by atoms with Gasteiger partial charge in [0.05, 0.1) is 12.2 Å². The molecule has 0 bridgehead atoms. The van der Waals surface area contributed by atoms with Crippen LogP contribution in [0.5, 0.6) is 11.6 Å². The summed E-state index contributed by atoms with van der Waals surface area (Å²) in [5, 5.41) is 0.484. The average Bonchev–Trinajstić information content (AvgIpc) is 2.74. The highest BCUT2D eigenvalue weighted by Gasteiger charge is 2.30. The monoisotopic (exact) mass is 434 g/mol. The van der Waals surface area contributed by atoms with E-state index in [-0.39, 0.29) is 18.2 Å². The second-order valence-corrected chi connectivity index (χ2v) is 8.41. The Morgan fingerprint density at radius 2 is 1.67 bits per heavy atom. The third kappa shape index (κ3) is 4.78. The van der Waals surface area contributed by atoms with Gasteiger partial charge in [0.15, 0.2) is 0 Å². The summed E-state index contributed by atoms with van der Waals surface area (Å²) in [6.45, 7) is 5.61. The van der Waals surface area contributed by atoms with Gasteiger partial charge in [-0.2, -0.15) is 13.2 Å². The van der Waals surface area contributed by atoms with Gasteiger partial charge < -0.3 is 9.26 Å². The lowest BCUT2D eigenvalue weighted by Crippen LogP contribution is -2.06. The summed E-state index contributed by atoms with van der Waals surface area (Å²) in [5.74, 6) is 1.61. The van der Waals surface area contributed by atoms with Gasteiger partial charge in [-0.25, -0.2) is 9.97 Å². The van der Waals surface area contributed by atoms with E-state index in [1.54, 1.807) is 31.2 Å². The summed E-state index contributed by atoms with van der Waals surface area (Å²) in [6, 6.07) is 11.0. The molecule has 2 aromatic carbocycles. The first-order valence-corrected chi connectivity index (χ1v) is 10.6. The highest BCUT2D eigenvalue weighted by Crippen LogP contribution is 2.46. The minimum atomic E-state index is -4.43. The number of benzene rings is 2. The average molecular weight is 434 g/mol. The maximum Gasteiger partial charge on any atom is 0.416 e. The van der Waals surface area contributed by atoms with Crippen LogP contribution in [0.15, 0.2) is 73.3 Å². The van der Waals surface area contributed by atoms with E-state index in [4.69, 9.17) is 9.26 Å². The van der Waals surface area contributed by atoms with Crippen molar-refractivity contribution in [2.75, 3.05) is 6.61 Å². The Morgan fingerprint density at radius 3 is 2.23 bits per heavy atom. The van der Waals surface area contributed by atoms with Crippen LogP contribution in [0.25, 0.3) is 11.3 Å². The summed E-state index contributed by atoms with van der Waals surface area (Å²) in [6.07, 6.45) is -1.54. The Bertz CT molecular complexity index is 1070. The fourth-order valence-corrected chi connectivity index (χ4v) is 4.09. The molecular formula is C21H18F3N2O3P. The Hall–Kier alpha value is -2.96. The molecule has 9 heteroatoms. The van der Waals surface area contributed by atoms with Crippen LogP contribution < -0.4 is 10.0 Å². The lowest BCUT2D eigenvalue weighted by molar-refractivity contribution is -0.137. The van der Waals surface area contributed by atoms with Crippen molar-refractivity contribution in [2.45, 2.75) is 13.1 Å². The second-order valence-electron chi connectivity index (χ2n) is 6.08. The van der Waals surface area contributed by atoms with Crippen LogP contribution in [0, 0.1) is 0 Å². The summed E-state index contributed by atoms with van der Waals surface area (Å²) < 4.78 is 61.9. The van der Waals surface area contributed by atoms with Gasteiger partial charge in [-0.3, -0.25) is 4.57 Å². The summed E-state index contributed by atoms with van der Waals surface area (Å²) in [5.41, 5.74) is 0.237. The molecule has 0 N–H and O–H groups in total. The molecule has 0 saturated carbocycles. The van der Waals surface area contributed by atoms with Gasteiger partial charge in [-0.1, -0.05) is 18.7 Å². The highest BCUT2D eigenvalue weighted by molar-refractivity contribution is 7.69. The van der Waals surface area contributed by atoms with Crippen molar-refractivity contribution in [1.82, 2.24) is 9.97 Å². The maximum atomic E-state index is 12.8. The molecule has 1 heterocycles. The number of hydrogen-bond donors (Lipinski definition) is 0. The van der Waals surface area contributed by atoms with Crippen molar-refractivity contribution in [3.05, 3.63) is 78.9 Å². The molecule has 0 radical (unpaired) electrons. The number of alkyl halides is 3. The number of aromatic nitrogens is 2. The molecule has 1 atom stereocenters. The predicted molar refractivity (Wildman–Crippen MR) is 108 cm³/mol. The quantitative estimate of drug-likeness (QED) is 0.425. The van der Waals surface area contributed by atoms with Crippen molar-refractivity contribution >= 4 is 12.7 Å². The molecule has 0 amide bonds. The van der Waals surface area contributed by atoms with Crippen molar-refractivity contribution in [3.8, 4) is 22.9 Å². The lowest BCUT2D eigenvalue weighted by Gasteiger charge is -2.14. The van der Waals surface area contributed by atoms with Crippen molar-refractivity contribution in [1.29, 1.82) is 0 Å². The molecule has 1 aromatic heterocycles. The van der Waals surface area contributed by atoms with E-state index in [1.165, 1.54) is 30.3 Å². The number of halogens is 3. The zero-order valence-electron chi connectivity index (χ0n) is 16.0. The first-order valence-electron chi connectivity index (χ1n) is 8.92. The largest absolute Gasteiger partial charge is 0.437 e. The Morgan fingerprint density at radius 1 is 1.03 bits per heavy atom. The van der Waals surface area contributed by atoms with E-state index in [0.717, 1.165) is 12.1 Å². The number of nitrogens with zero attached hydrogens (tertiary/aromatic N) is 2.